The number of hydrogen-bond donors (Lipinski definition) is 4. The van der Waals surface area contributed by atoms with Crippen LogP contribution < -0.4 is 21.7 Å². The third-order valence-corrected chi connectivity index (χ3v) is 4.27. The van der Waals surface area contributed by atoms with Crippen molar-refractivity contribution in [1.82, 2.24) is 21.1 Å². The van der Waals surface area contributed by atoms with Crippen LogP contribution in [0.15, 0.2) is 21.8 Å². The predicted octanol–water partition coefficient (Wildman–Crippen LogP) is -0.664. The molecule has 2 heterocycles. The van der Waals surface area contributed by atoms with Crippen molar-refractivity contribution in [3.8, 4) is 0 Å². The Labute approximate surface area is 179 Å². The second-order valence-electron chi connectivity index (χ2n) is 6.56. The minimum Gasteiger partial charge on any atom is -0.450 e. The van der Waals surface area contributed by atoms with E-state index in [1.807, 2.05) is 6.92 Å². The standard InChI is InChI=1S/C18H28N6O7/c1-2-3-10-28-17(27)24-14(15(26)29-12-25)18(19,13-5-7-23-31-13)30-11-4-6-20-16-21-8-9-22-16/h5,7,12,14H,2-4,6,8-11,19H2,1H3,(H,24,27)(H2,20,21,22). The molecule has 1 aliphatic heterocycles. The summed E-state index contributed by atoms with van der Waals surface area (Å²) in [7, 11) is 0. The second-order valence-corrected chi connectivity index (χ2v) is 6.56. The summed E-state index contributed by atoms with van der Waals surface area (Å²) >= 11 is 0. The van der Waals surface area contributed by atoms with Crippen molar-refractivity contribution in [2.24, 2.45) is 10.7 Å². The molecule has 13 nitrogen and oxygen atoms in total. The van der Waals surface area contributed by atoms with E-state index in [-0.39, 0.29) is 25.4 Å². The maximum absolute atomic E-state index is 12.4. The average molecular weight is 440 g/mol. The number of nitrogens with two attached hydrogens (primary N) is 1. The Morgan fingerprint density at radius 3 is 2.90 bits per heavy atom. The maximum Gasteiger partial charge on any atom is 0.407 e. The molecule has 1 amide bonds. The largest absolute Gasteiger partial charge is 0.450 e. The number of rotatable bonds is 13. The highest BCUT2D eigenvalue weighted by Crippen LogP contribution is 2.25. The molecule has 1 aliphatic rings. The van der Waals surface area contributed by atoms with Crippen molar-refractivity contribution in [2.75, 3.05) is 32.8 Å². The normalized spacial score (nSPS) is 15.7. The Hall–Kier alpha value is -3.19. The summed E-state index contributed by atoms with van der Waals surface area (Å²) < 4.78 is 20.3. The fourth-order valence-corrected chi connectivity index (χ4v) is 2.68. The van der Waals surface area contributed by atoms with Crippen molar-refractivity contribution >= 4 is 24.5 Å². The molecule has 0 spiro atoms. The first-order chi connectivity index (χ1) is 15.0. The number of aromatic nitrogens is 1. The summed E-state index contributed by atoms with van der Waals surface area (Å²) in [4.78, 5) is 39.5. The molecule has 2 unspecified atom stereocenters. The number of hydrogen-bond acceptors (Lipinski definition) is 12. The van der Waals surface area contributed by atoms with E-state index in [1.165, 1.54) is 12.3 Å². The highest BCUT2D eigenvalue weighted by atomic mass is 16.6. The third kappa shape index (κ3) is 7.22. The highest BCUT2D eigenvalue weighted by Gasteiger charge is 2.48. The van der Waals surface area contributed by atoms with Gasteiger partial charge in [0.25, 0.3) is 0 Å². The van der Waals surface area contributed by atoms with E-state index >= 15 is 0 Å². The molecule has 0 saturated heterocycles. The topological polar surface area (TPSA) is 179 Å². The lowest BCUT2D eigenvalue weighted by Gasteiger charge is -2.33. The highest BCUT2D eigenvalue weighted by molar-refractivity contribution is 5.86. The summed E-state index contributed by atoms with van der Waals surface area (Å²) in [5.41, 5.74) is 4.34. The van der Waals surface area contributed by atoms with Crippen molar-refractivity contribution in [3.05, 3.63) is 18.0 Å². The molecule has 0 fully saturated rings. The quantitative estimate of drug-likeness (QED) is 0.100. The summed E-state index contributed by atoms with van der Waals surface area (Å²) in [5, 5.41) is 12.0. The van der Waals surface area contributed by atoms with Crippen LogP contribution in [0.2, 0.25) is 0 Å². The van der Waals surface area contributed by atoms with Gasteiger partial charge >= 0.3 is 18.5 Å². The number of aliphatic imine (C=N–C) groups is 1. The van der Waals surface area contributed by atoms with Gasteiger partial charge in [0, 0.05) is 19.2 Å². The van der Waals surface area contributed by atoms with Crippen molar-refractivity contribution < 1.29 is 33.1 Å². The lowest BCUT2D eigenvalue weighted by molar-refractivity contribution is -0.164. The molecular weight excluding hydrogens is 412 g/mol. The van der Waals surface area contributed by atoms with E-state index < -0.39 is 23.8 Å². The van der Waals surface area contributed by atoms with Gasteiger partial charge in [-0.1, -0.05) is 18.5 Å². The van der Waals surface area contributed by atoms with Crippen LogP contribution in [-0.2, 0) is 29.5 Å². The lowest BCUT2D eigenvalue weighted by Crippen LogP contribution is -2.62. The Balaban J connectivity index is 2.07. The van der Waals surface area contributed by atoms with Gasteiger partial charge in [0.2, 0.25) is 5.72 Å². The first kappa shape index (κ1) is 24.1. The monoisotopic (exact) mass is 440 g/mol. The molecule has 1 aromatic rings. The van der Waals surface area contributed by atoms with Crippen molar-refractivity contribution in [3.63, 3.8) is 0 Å². The molecule has 13 heteroatoms. The average Bonchev–Trinajstić information content (AvgIpc) is 3.46. The molecule has 0 radical (unpaired) electrons. The molecule has 5 N–H and O–H groups in total. The predicted molar refractivity (Wildman–Crippen MR) is 107 cm³/mol. The van der Waals surface area contributed by atoms with Gasteiger partial charge in [0.15, 0.2) is 17.8 Å². The van der Waals surface area contributed by atoms with Gasteiger partial charge in [-0.15, -0.1) is 0 Å². The Kier molecular flexibility index (Phi) is 9.71. The van der Waals surface area contributed by atoms with E-state index in [2.05, 4.69) is 30.8 Å². The molecule has 0 aliphatic carbocycles. The van der Waals surface area contributed by atoms with E-state index in [4.69, 9.17) is 19.7 Å². The number of ether oxygens (including phenoxy) is 3. The van der Waals surface area contributed by atoms with Gasteiger partial charge in [-0.3, -0.25) is 15.5 Å². The number of alkyl carbamates (subject to hydrolysis) is 1. The van der Waals surface area contributed by atoms with Crippen LogP contribution in [0.25, 0.3) is 0 Å². The number of carbonyl (C=O) groups is 3. The molecule has 31 heavy (non-hydrogen) atoms. The fourth-order valence-electron chi connectivity index (χ4n) is 2.68. The molecule has 2 rings (SSSR count). The first-order valence-corrected chi connectivity index (χ1v) is 9.95. The van der Waals surface area contributed by atoms with Crippen LogP contribution >= 0.6 is 0 Å². The van der Waals surface area contributed by atoms with Gasteiger partial charge in [-0.05, 0) is 12.8 Å². The van der Waals surface area contributed by atoms with E-state index in [0.29, 0.717) is 31.9 Å². The zero-order valence-corrected chi connectivity index (χ0v) is 17.3. The summed E-state index contributed by atoms with van der Waals surface area (Å²) in [6, 6.07) is -0.269. The van der Waals surface area contributed by atoms with E-state index in [9.17, 15) is 14.4 Å². The lowest BCUT2D eigenvalue weighted by atomic mass is 10.0. The maximum atomic E-state index is 12.4. The number of nitrogens with zero attached hydrogens (tertiary/aromatic N) is 2. The van der Waals surface area contributed by atoms with E-state index in [1.54, 1.807) is 0 Å². The van der Waals surface area contributed by atoms with Gasteiger partial charge in [0.1, 0.15) is 0 Å². The van der Waals surface area contributed by atoms with Crippen LogP contribution in [-0.4, -0.2) is 68.5 Å². The number of guanidine groups is 1. The summed E-state index contributed by atoms with van der Waals surface area (Å²) in [6.45, 7) is 4.05. The molecule has 0 aromatic carbocycles. The zero-order valence-electron chi connectivity index (χ0n) is 17.3. The molecule has 1 aromatic heterocycles. The van der Waals surface area contributed by atoms with Gasteiger partial charge in [0.05, 0.1) is 26.0 Å². The second kappa shape index (κ2) is 12.5. The molecule has 0 saturated carbocycles. The minimum atomic E-state index is -2.01. The van der Waals surface area contributed by atoms with E-state index in [0.717, 1.165) is 13.0 Å². The van der Waals surface area contributed by atoms with Crippen LogP contribution in [0.4, 0.5) is 4.79 Å². The number of unbranched alkanes of at least 4 members (excludes halogenated alkanes) is 1. The number of nitrogens with one attached hydrogen (secondary N) is 3. The number of amides is 1. The molecule has 0 bridgehead atoms. The third-order valence-electron chi connectivity index (χ3n) is 4.27. The van der Waals surface area contributed by atoms with Crippen LogP contribution in [0.1, 0.15) is 31.9 Å². The first-order valence-electron chi connectivity index (χ1n) is 9.95. The summed E-state index contributed by atoms with van der Waals surface area (Å²) in [5.74, 6) is -0.508. The van der Waals surface area contributed by atoms with Gasteiger partial charge in [-0.25, -0.2) is 9.59 Å². The van der Waals surface area contributed by atoms with Crippen LogP contribution in [0, 0.1) is 0 Å². The van der Waals surface area contributed by atoms with Gasteiger partial charge in [-0.2, -0.15) is 0 Å². The van der Waals surface area contributed by atoms with Crippen LogP contribution in [0.3, 0.4) is 0 Å². The zero-order chi connectivity index (χ0) is 22.5. The Morgan fingerprint density at radius 1 is 1.42 bits per heavy atom. The number of esters is 1. The minimum absolute atomic E-state index is 0.0519. The molecular formula is C18H28N6O7. The fraction of sp³-hybridized carbons (Fsp3) is 0.611. The van der Waals surface area contributed by atoms with Crippen LogP contribution in [0.5, 0.6) is 0 Å². The summed E-state index contributed by atoms with van der Waals surface area (Å²) in [6.07, 6.45) is 2.29. The van der Waals surface area contributed by atoms with Gasteiger partial charge < -0.3 is 34.7 Å². The molecule has 2 atom stereocenters. The smallest absolute Gasteiger partial charge is 0.407 e. The van der Waals surface area contributed by atoms with Crippen molar-refractivity contribution in [1.29, 1.82) is 0 Å². The Morgan fingerprint density at radius 2 is 2.26 bits per heavy atom. The Bertz CT molecular complexity index is 742. The van der Waals surface area contributed by atoms with Crippen molar-refractivity contribution in [2.45, 2.75) is 38.0 Å². The molecule has 172 valence electrons. The number of carbonyl (C=O) groups excluding carboxylic acids is 3. The SMILES string of the molecule is CCCCOC(=O)NC(C(=O)OC=O)C(N)(OCCCNC1=NCCN1)c1ccno1.